The third kappa shape index (κ3) is 3.60. The van der Waals surface area contributed by atoms with E-state index >= 15 is 0 Å². The Bertz CT molecular complexity index is 573. The Morgan fingerprint density at radius 3 is 2.24 bits per heavy atom. The van der Waals surface area contributed by atoms with Crippen LogP contribution in [0.3, 0.4) is 0 Å². The molecular weight excluding hydrogens is 325 g/mol. The first-order chi connectivity index (χ1) is 9.50. The first-order valence-corrected chi connectivity index (χ1v) is 5.52. The van der Waals surface area contributed by atoms with Crippen LogP contribution in [-0.4, -0.2) is 31.1 Å². The van der Waals surface area contributed by atoms with Gasteiger partial charge in [-0.15, -0.1) is 0 Å². The maximum Gasteiger partial charge on any atom is 0.463 e. The van der Waals surface area contributed by atoms with Crippen molar-refractivity contribution in [1.29, 1.82) is 0 Å². The molecule has 0 fully saturated rings. The fourth-order valence-electron chi connectivity index (χ4n) is 1.21. The van der Waals surface area contributed by atoms with Gasteiger partial charge in [-0.25, -0.2) is 4.79 Å². The van der Waals surface area contributed by atoms with Crippen LogP contribution in [0.15, 0.2) is 18.2 Å². The number of esters is 1. The van der Waals surface area contributed by atoms with Crippen LogP contribution in [0.5, 0.6) is 0 Å². The van der Waals surface area contributed by atoms with Crippen LogP contribution in [0.4, 0.5) is 27.6 Å². The molecule has 0 bridgehead atoms. The molecule has 4 nitrogen and oxygen atoms in total. The van der Waals surface area contributed by atoms with E-state index in [1.165, 1.54) is 5.32 Å². The molecule has 21 heavy (non-hydrogen) atoms. The highest BCUT2D eigenvalue weighted by atomic mass is 35.5. The third-order valence-electron chi connectivity index (χ3n) is 2.27. The number of halogens is 6. The Kier molecular flexibility index (Phi) is 4.77. The number of carbonyl (C=O) groups is 2. The number of alkyl halides is 5. The van der Waals surface area contributed by atoms with Crippen LogP contribution >= 0.6 is 11.6 Å². The molecule has 1 aromatic carbocycles. The number of methoxy groups -OCH3 is 1. The maximum absolute atomic E-state index is 12.8. The second kappa shape index (κ2) is 5.84. The van der Waals surface area contributed by atoms with E-state index in [4.69, 9.17) is 11.6 Å². The zero-order chi connectivity index (χ0) is 16.4. The molecule has 1 N–H and O–H groups in total. The summed E-state index contributed by atoms with van der Waals surface area (Å²) in [6.07, 6.45) is -6.03. The fourth-order valence-corrected chi connectivity index (χ4v) is 1.40. The number of benzene rings is 1. The molecule has 1 aromatic rings. The van der Waals surface area contributed by atoms with Gasteiger partial charge in [0.05, 0.1) is 17.7 Å². The Morgan fingerprint density at radius 1 is 1.19 bits per heavy atom. The van der Waals surface area contributed by atoms with E-state index < -0.39 is 29.7 Å². The highest BCUT2D eigenvalue weighted by Crippen LogP contribution is 2.36. The molecule has 0 saturated carbocycles. The van der Waals surface area contributed by atoms with Crippen molar-refractivity contribution in [3.63, 3.8) is 0 Å². The van der Waals surface area contributed by atoms with E-state index in [0.717, 1.165) is 25.3 Å². The van der Waals surface area contributed by atoms with Crippen molar-refractivity contribution in [2.24, 2.45) is 0 Å². The number of nitrogens with one attached hydrogen (secondary N) is 1. The van der Waals surface area contributed by atoms with E-state index in [2.05, 4.69) is 4.74 Å². The van der Waals surface area contributed by atoms with Gasteiger partial charge in [-0.05, 0) is 18.2 Å². The third-order valence-corrected chi connectivity index (χ3v) is 2.60. The second-order valence-corrected chi connectivity index (χ2v) is 4.12. The van der Waals surface area contributed by atoms with E-state index in [-0.39, 0.29) is 10.6 Å². The molecule has 0 radical (unpaired) electrons. The molecule has 0 spiro atoms. The molecule has 116 valence electrons. The molecule has 0 unspecified atom stereocenters. The fraction of sp³-hybridized carbons (Fsp3) is 0.273. The lowest BCUT2D eigenvalue weighted by molar-refractivity contribution is -0.267. The van der Waals surface area contributed by atoms with Gasteiger partial charge in [-0.2, -0.15) is 22.0 Å². The highest BCUT2D eigenvalue weighted by Gasteiger charge is 2.63. The van der Waals surface area contributed by atoms with Gasteiger partial charge in [0.2, 0.25) is 0 Å². The molecular formula is C11H7ClF5NO3. The molecule has 0 aliphatic carbocycles. The first kappa shape index (κ1) is 17.2. The summed E-state index contributed by atoms with van der Waals surface area (Å²) in [6, 6.07) is 2.81. The van der Waals surface area contributed by atoms with E-state index in [1.54, 1.807) is 0 Å². The smallest absolute Gasteiger partial charge is 0.463 e. The van der Waals surface area contributed by atoms with E-state index in [9.17, 15) is 31.5 Å². The Labute approximate surface area is 119 Å². The van der Waals surface area contributed by atoms with Crippen LogP contribution in [0.2, 0.25) is 5.02 Å². The summed E-state index contributed by atoms with van der Waals surface area (Å²) in [4.78, 5) is 22.3. The van der Waals surface area contributed by atoms with E-state index in [0.29, 0.717) is 0 Å². The zero-order valence-corrected chi connectivity index (χ0v) is 11.0. The minimum Gasteiger partial charge on any atom is -0.465 e. The summed E-state index contributed by atoms with van der Waals surface area (Å²) < 4.78 is 65.9. The average molecular weight is 332 g/mol. The van der Waals surface area contributed by atoms with Crippen molar-refractivity contribution in [2.75, 3.05) is 12.4 Å². The summed E-state index contributed by atoms with van der Waals surface area (Å²) in [5, 5.41) is 1.24. The summed E-state index contributed by atoms with van der Waals surface area (Å²) in [7, 11) is 1.02. The average Bonchev–Trinajstić information content (AvgIpc) is 2.38. The lowest BCUT2D eigenvalue weighted by Gasteiger charge is -2.18. The molecule has 0 saturated heterocycles. The molecule has 0 aliphatic heterocycles. The van der Waals surface area contributed by atoms with Crippen molar-refractivity contribution in [3.05, 3.63) is 28.8 Å². The van der Waals surface area contributed by atoms with Crippen LogP contribution < -0.4 is 5.32 Å². The molecule has 0 heterocycles. The SMILES string of the molecule is COC(=O)c1cc(NC(=O)C(F)(F)C(F)(F)F)ccc1Cl. The molecule has 0 atom stereocenters. The highest BCUT2D eigenvalue weighted by molar-refractivity contribution is 6.33. The van der Waals surface area contributed by atoms with Crippen LogP contribution in [0, 0.1) is 0 Å². The van der Waals surface area contributed by atoms with Crippen molar-refractivity contribution in [2.45, 2.75) is 12.1 Å². The van der Waals surface area contributed by atoms with E-state index in [1.807, 2.05) is 0 Å². The molecule has 0 aromatic heterocycles. The zero-order valence-electron chi connectivity index (χ0n) is 10.2. The Hall–Kier alpha value is -1.90. The van der Waals surface area contributed by atoms with Crippen molar-refractivity contribution in [1.82, 2.24) is 0 Å². The minimum atomic E-state index is -6.03. The van der Waals surface area contributed by atoms with Gasteiger partial charge in [0.25, 0.3) is 0 Å². The lowest BCUT2D eigenvalue weighted by atomic mass is 10.2. The Balaban J connectivity index is 3.05. The summed E-state index contributed by atoms with van der Waals surface area (Å²) in [5.74, 6) is -9.09. The van der Waals surface area contributed by atoms with Crippen LogP contribution in [0.1, 0.15) is 10.4 Å². The predicted molar refractivity (Wildman–Crippen MR) is 62.4 cm³/mol. The predicted octanol–water partition coefficient (Wildman–Crippen LogP) is 3.26. The van der Waals surface area contributed by atoms with Crippen molar-refractivity contribution < 1.29 is 36.3 Å². The van der Waals surface area contributed by atoms with Gasteiger partial charge < -0.3 is 10.1 Å². The molecule has 1 rings (SSSR count). The lowest BCUT2D eigenvalue weighted by Crippen LogP contribution is -2.47. The number of amides is 1. The van der Waals surface area contributed by atoms with Crippen LogP contribution in [0.25, 0.3) is 0 Å². The summed E-state index contributed by atoms with van der Waals surface area (Å²) in [5.41, 5.74) is -0.763. The Morgan fingerprint density at radius 2 is 1.76 bits per heavy atom. The van der Waals surface area contributed by atoms with Gasteiger partial charge >= 0.3 is 24.0 Å². The summed E-state index contributed by atoms with van der Waals surface area (Å²) in [6.45, 7) is 0. The second-order valence-electron chi connectivity index (χ2n) is 3.71. The van der Waals surface area contributed by atoms with Gasteiger partial charge in [0.1, 0.15) is 0 Å². The van der Waals surface area contributed by atoms with Crippen LogP contribution in [-0.2, 0) is 9.53 Å². The monoisotopic (exact) mass is 331 g/mol. The number of hydrogen-bond acceptors (Lipinski definition) is 3. The van der Waals surface area contributed by atoms with Gasteiger partial charge in [0.15, 0.2) is 0 Å². The standard InChI is InChI=1S/C11H7ClF5NO3/c1-21-8(19)6-4-5(2-3-7(6)12)18-9(20)10(13,14)11(15,16)17/h2-4H,1H3,(H,18,20). The molecule has 1 amide bonds. The number of rotatable bonds is 3. The number of hydrogen-bond donors (Lipinski definition) is 1. The van der Waals surface area contributed by atoms with Gasteiger partial charge in [0, 0.05) is 5.69 Å². The van der Waals surface area contributed by atoms with Crippen molar-refractivity contribution in [3.8, 4) is 0 Å². The van der Waals surface area contributed by atoms with Gasteiger partial charge in [-0.3, -0.25) is 4.79 Å². The largest absolute Gasteiger partial charge is 0.465 e. The normalized spacial score (nSPS) is 12.0. The van der Waals surface area contributed by atoms with Crippen molar-refractivity contribution >= 4 is 29.2 Å². The topological polar surface area (TPSA) is 55.4 Å². The number of ether oxygens (including phenoxy) is 1. The number of anilines is 1. The minimum absolute atomic E-state index is 0.123. The van der Waals surface area contributed by atoms with Gasteiger partial charge in [-0.1, -0.05) is 11.6 Å². The molecule has 10 heteroatoms. The maximum atomic E-state index is 12.8. The first-order valence-electron chi connectivity index (χ1n) is 5.14. The summed E-state index contributed by atoms with van der Waals surface area (Å²) >= 11 is 5.63. The number of carbonyl (C=O) groups excluding carboxylic acids is 2. The molecule has 0 aliphatic rings. The quantitative estimate of drug-likeness (QED) is 0.683.